The fourth-order valence-electron chi connectivity index (χ4n) is 4.00. The van der Waals surface area contributed by atoms with Crippen molar-refractivity contribution in [3.63, 3.8) is 0 Å². The van der Waals surface area contributed by atoms with E-state index in [0.29, 0.717) is 5.75 Å². The summed E-state index contributed by atoms with van der Waals surface area (Å²) in [5.41, 5.74) is 4.08. The number of hydrogen-bond donors (Lipinski definition) is 0. The number of morpholine rings is 1. The van der Waals surface area contributed by atoms with E-state index in [4.69, 9.17) is 4.74 Å². The third-order valence-corrected chi connectivity index (χ3v) is 7.93. The summed E-state index contributed by atoms with van der Waals surface area (Å²) in [4.78, 5) is 2.45. The normalized spacial score (nSPS) is 20.7. The number of aryl methyl sites for hydroxylation is 2. The zero-order valence-electron chi connectivity index (χ0n) is 18.4. The van der Waals surface area contributed by atoms with Gasteiger partial charge in [-0.05, 0) is 71.1 Å². The van der Waals surface area contributed by atoms with E-state index in [-0.39, 0.29) is 17.5 Å². The van der Waals surface area contributed by atoms with Crippen molar-refractivity contribution in [1.82, 2.24) is 0 Å². The van der Waals surface area contributed by atoms with Crippen LogP contribution in [0.25, 0.3) is 0 Å². The molecule has 0 radical (unpaired) electrons. The summed E-state index contributed by atoms with van der Waals surface area (Å²) in [6.45, 7) is 11.9. The lowest BCUT2D eigenvalue weighted by atomic mass is 10.0. The van der Waals surface area contributed by atoms with Crippen molar-refractivity contribution in [2.75, 3.05) is 23.7 Å². The molecule has 0 saturated carbocycles. The van der Waals surface area contributed by atoms with Crippen LogP contribution < -0.4 is 4.90 Å². The van der Waals surface area contributed by atoms with Crippen LogP contribution in [0.2, 0.25) is 0 Å². The monoisotopic (exact) mass is 409 g/mol. The fourth-order valence-corrected chi connectivity index (χ4v) is 5.08. The highest BCUT2D eigenvalue weighted by molar-refractivity contribution is 7.91. The van der Waals surface area contributed by atoms with Crippen LogP contribution in [0.4, 0.5) is 5.69 Å². The standard InChI is InChI=1S/C23H39NO3S/c1-18(2)28(25,26)14-10-8-6-7-9-11-22-12-13-23(19(3)15-22)24-16-20(4)27-21(5)17-24/h12-13,15,18,20-21H,6-11,14,16-17H2,1-5H3/t20-,21+. The lowest BCUT2D eigenvalue weighted by molar-refractivity contribution is -0.00524. The lowest BCUT2D eigenvalue weighted by Crippen LogP contribution is -2.45. The van der Waals surface area contributed by atoms with Gasteiger partial charge in [-0.15, -0.1) is 0 Å². The Kier molecular flexibility index (Phi) is 8.81. The van der Waals surface area contributed by atoms with E-state index < -0.39 is 9.84 Å². The molecule has 1 saturated heterocycles. The molecule has 0 aromatic heterocycles. The lowest BCUT2D eigenvalue weighted by Gasteiger charge is -2.37. The SMILES string of the molecule is Cc1cc(CCCCCCCS(=O)(=O)C(C)C)ccc1N1C[C@@H](C)O[C@@H](C)C1. The number of hydrogen-bond acceptors (Lipinski definition) is 4. The largest absolute Gasteiger partial charge is 0.372 e. The number of ether oxygens (including phenoxy) is 1. The Hall–Kier alpha value is -1.07. The van der Waals surface area contributed by atoms with Gasteiger partial charge in [-0.2, -0.15) is 0 Å². The van der Waals surface area contributed by atoms with Crippen molar-refractivity contribution in [3.05, 3.63) is 29.3 Å². The first-order chi connectivity index (χ1) is 13.2. The summed E-state index contributed by atoms with van der Waals surface area (Å²) in [6, 6.07) is 6.86. The molecule has 0 N–H and O–H groups in total. The van der Waals surface area contributed by atoms with Crippen molar-refractivity contribution in [1.29, 1.82) is 0 Å². The van der Waals surface area contributed by atoms with Crippen LogP contribution >= 0.6 is 0 Å². The molecule has 0 bridgehead atoms. The van der Waals surface area contributed by atoms with Crippen molar-refractivity contribution in [3.8, 4) is 0 Å². The number of anilines is 1. The van der Waals surface area contributed by atoms with E-state index in [0.717, 1.165) is 38.8 Å². The highest BCUT2D eigenvalue weighted by Crippen LogP contribution is 2.25. The molecule has 0 aliphatic carbocycles. The van der Waals surface area contributed by atoms with Gasteiger partial charge in [0.1, 0.15) is 0 Å². The molecule has 1 aliphatic heterocycles. The first-order valence-electron chi connectivity index (χ1n) is 10.9. The van der Waals surface area contributed by atoms with Gasteiger partial charge in [0.15, 0.2) is 9.84 Å². The molecule has 160 valence electrons. The maximum absolute atomic E-state index is 11.8. The van der Waals surface area contributed by atoms with Crippen LogP contribution in [0.1, 0.15) is 70.9 Å². The van der Waals surface area contributed by atoms with Crippen LogP contribution in [0, 0.1) is 6.92 Å². The minimum atomic E-state index is -2.87. The topological polar surface area (TPSA) is 46.6 Å². The molecule has 0 spiro atoms. The van der Waals surface area contributed by atoms with Gasteiger partial charge in [0.05, 0.1) is 23.2 Å². The molecule has 2 rings (SSSR count). The van der Waals surface area contributed by atoms with Gasteiger partial charge in [-0.1, -0.05) is 31.4 Å². The van der Waals surface area contributed by atoms with E-state index >= 15 is 0 Å². The second-order valence-corrected chi connectivity index (χ2v) is 11.4. The Morgan fingerprint density at radius 3 is 2.25 bits per heavy atom. The van der Waals surface area contributed by atoms with E-state index in [9.17, 15) is 8.42 Å². The maximum Gasteiger partial charge on any atom is 0.152 e. The van der Waals surface area contributed by atoms with Gasteiger partial charge in [-0.25, -0.2) is 8.42 Å². The Balaban J connectivity index is 1.72. The summed E-state index contributed by atoms with van der Waals surface area (Å²) < 4.78 is 29.5. The van der Waals surface area contributed by atoms with Gasteiger partial charge in [0.2, 0.25) is 0 Å². The number of benzene rings is 1. The third kappa shape index (κ3) is 7.07. The molecule has 0 unspecified atom stereocenters. The van der Waals surface area contributed by atoms with Crippen molar-refractivity contribution < 1.29 is 13.2 Å². The highest BCUT2D eigenvalue weighted by atomic mass is 32.2. The molecular weight excluding hydrogens is 370 g/mol. The first-order valence-corrected chi connectivity index (χ1v) is 12.6. The minimum absolute atomic E-state index is 0.248. The molecule has 1 aromatic carbocycles. The summed E-state index contributed by atoms with van der Waals surface area (Å²) >= 11 is 0. The average molecular weight is 410 g/mol. The van der Waals surface area contributed by atoms with E-state index in [1.54, 1.807) is 13.8 Å². The first kappa shape index (κ1) is 23.2. The van der Waals surface area contributed by atoms with Crippen LogP contribution in [0.5, 0.6) is 0 Å². The zero-order chi connectivity index (χ0) is 20.7. The number of nitrogens with zero attached hydrogens (tertiary/aromatic N) is 1. The molecule has 0 amide bonds. The molecule has 1 aliphatic rings. The predicted molar refractivity (Wildman–Crippen MR) is 119 cm³/mol. The van der Waals surface area contributed by atoms with Crippen LogP contribution in [0.15, 0.2) is 18.2 Å². The van der Waals surface area contributed by atoms with E-state index in [1.165, 1.54) is 29.7 Å². The molecule has 1 aromatic rings. The molecule has 5 heteroatoms. The molecular formula is C23H39NO3S. The molecule has 1 heterocycles. The van der Waals surface area contributed by atoms with Crippen LogP contribution in [-0.2, 0) is 21.0 Å². The van der Waals surface area contributed by atoms with Gasteiger partial charge in [0, 0.05) is 18.8 Å². The molecule has 1 fully saturated rings. The van der Waals surface area contributed by atoms with Crippen molar-refractivity contribution in [2.45, 2.75) is 90.6 Å². The Morgan fingerprint density at radius 2 is 1.64 bits per heavy atom. The van der Waals surface area contributed by atoms with Gasteiger partial charge >= 0.3 is 0 Å². The van der Waals surface area contributed by atoms with E-state index in [2.05, 4.69) is 43.9 Å². The zero-order valence-corrected chi connectivity index (χ0v) is 19.2. The smallest absolute Gasteiger partial charge is 0.152 e. The van der Waals surface area contributed by atoms with Gasteiger partial charge in [0.25, 0.3) is 0 Å². The third-order valence-electron chi connectivity index (χ3n) is 5.63. The summed E-state index contributed by atoms with van der Waals surface area (Å²) in [6.07, 6.45) is 6.91. The van der Waals surface area contributed by atoms with Crippen molar-refractivity contribution >= 4 is 15.5 Å². The fraction of sp³-hybridized carbons (Fsp3) is 0.739. The van der Waals surface area contributed by atoms with Crippen LogP contribution in [0.3, 0.4) is 0 Å². The van der Waals surface area contributed by atoms with Gasteiger partial charge < -0.3 is 9.64 Å². The maximum atomic E-state index is 11.8. The number of rotatable bonds is 10. The summed E-state index contributed by atoms with van der Waals surface area (Å²) in [5, 5.41) is -0.248. The van der Waals surface area contributed by atoms with Crippen LogP contribution in [-0.4, -0.2) is 44.7 Å². The minimum Gasteiger partial charge on any atom is -0.372 e. The number of sulfone groups is 1. The second-order valence-electron chi connectivity index (χ2n) is 8.72. The number of unbranched alkanes of at least 4 members (excludes halogenated alkanes) is 4. The second kappa shape index (κ2) is 10.6. The highest BCUT2D eigenvalue weighted by Gasteiger charge is 2.23. The summed E-state index contributed by atoms with van der Waals surface area (Å²) in [7, 11) is -2.87. The Bertz CT molecular complexity index is 705. The van der Waals surface area contributed by atoms with Crippen molar-refractivity contribution in [2.24, 2.45) is 0 Å². The quantitative estimate of drug-likeness (QED) is 0.514. The molecule has 4 nitrogen and oxygen atoms in total. The Labute approximate surface area is 172 Å². The Morgan fingerprint density at radius 1 is 1.04 bits per heavy atom. The van der Waals surface area contributed by atoms with E-state index in [1.807, 2.05) is 0 Å². The predicted octanol–water partition coefficient (Wildman–Crippen LogP) is 4.92. The molecule has 2 atom stereocenters. The molecule has 28 heavy (non-hydrogen) atoms. The van der Waals surface area contributed by atoms with Gasteiger partial charge in [-0.3, -0.25) is 0 Å². The average Bonchev–Trinajstić information content (AvgIpc) is 2.60. The summed E-state index contributed by atoms with van der Waals surface area (Å²) in [5.74, 6) is 0.337.